The molecule has 0 aliphatic carbocycles. The molecule has 0 aliphatic heterocycles. The van der Waals surface area contributed by atoms with Gasteiger partial charge in [-0.3, -0.25) is 0 Å². The highest BCUT2D eigenvalue weighted by Gasteiger charge is 2.12. The molecule has 96 valence electrons. The summed E-state index contributed by atoms with van der Waals surface area (Å²) in [5.41, 5.74) is 7.27. The smallest absolute Gasteiger partial charge is 0.146 e. The summed E-state index contributed by atoms with van der Waals surface area (Å²) in [7, 11) is 1.95. The van der Waals surface area contributed by atoms with Crippen molar-refractivity contribution < 1.29 is 4.39 Å². The highest BCUT2D eigenvalue weighted by molar-refractivity contribution is 5.54. The summed E-state index contributed by atoms with van der Waals surface area (Å²) in [4.78, 5) is 2.00. The van der Waals surface area contributed by atoms with E-state index in [0.717, 1.165) is 24.9 Å². The summed E-state index contributed by atoms with van der Waals surface area (Å²) in [6.45, 7) is 5.77. The second-order valence-corrected chi connectivity index (χ2v) is 4.89. The standard InChI is InChI=1S/C14H23FN2/c1-11(2)8-10-17(3)14-12(7-9-16)5-4-6-13(14)15/h4-6,11H,7-10,16H2,1-3H3. The van der Waals surface area contributed by atoms with Crippen LogP contribution >= 0.6 is 0 Å². The van der Waals surface area contributed by atoms with Gasteiger partial charge in [0.1, 0.15) is 5.82 Å². The molecule has 0 saturated heterocycles. The first-order valence-electron chi connectivity index (χ1n) is 6.24. The molecule has 0 aliphatic rings. The van der Waals surface area contributed by atoms with E-state index in [1.165, 1.54) is 6.07 Å². The Bertz CT molecular complexity index is 350. The minimum atomic E-state index is -0.151. The molecule has 0 unspecified atom stereocenters. The minimum absolute atomic E-state index is 0.151. The monoisotopic (exact) mass is 238 g/mol. The molecule has 2 N–H and O–H groups in total. The van der Waals surface area contributed by atoms with Crippen LogP contribution < -0.4 is 10.6 Å². The van der Waals surface area contributed by atoms with E-state index in [0.29, 0.717) is 18.2 Å². The van der Waals surface area contributed by atoms with Gasteiger partial charge in [0.05, 0.1) is 5.69 Å². The van der Waals surface area contributed by atoms with Crippen LogP contribution in [0.25, 0.3) is 0 Å². The highest BCUT2D eigenvalue weighted by Crippen LogP contribution is 2.24. The summed E-state index contributed by atoms with van der Waals surface area (Å²) in [6.07, 6.45) is 1.78. The second-order valence-electron chi connectivity index (χ2n) is 4.89. The van der Waals surface area contributed by atoms with Crippen LogP contribution in [0.15, 0.2) is 18.2 Å². The molecular formula is C14H23FN2. The Morgan fingerprint density at radius 3 is 2.65 bits per heavy atom. The molecule has 0 fully saturated rings. The molecule has 0 saturated carbocycles. The van der Waals surface area contributed by atoms with Gasteiger partial charge in [-0.1, -0.05) is 26.0 Å². The Morgan fingerprint density at radius 1 is 1.35 bits per heavy atom. The maximum absolute atomic E-state index is 13.9. The third-order valence-corrected chi connectivity index (χ3v) is 2.91. The van der Waals surface area contributed by atoms with Crippen LogP contribution in [0.4, 0.5) is 10.1 Å². The van der Waals surface area contributed by atoms with E-state index in [9.17, 15) is 4.39 Å². The summed E-state index contributed by atoms with van der Waals surface area (Å²) in [6, 6.07) is 5.22. The van der Waals surface area contributed by atoms with Gasteiger partial charge in [0, 0.05) is 13.6 Å². The quantitative estimate of drug-likeness (QED) is 0.825. The fourth-order valence-corrected chi connectivity index (χ4v) is 1.91. The van der Waals surface area contributed by atoms with Crippen molar-refractivity contribution in [1.29, 1.82) is 0 Å². The lowest BCUT2D eigenvalue weighted by Crippen LogP contribution is -2.23. The Balaban J connectivity index is 2.86. The lowest BCUT2D eigenvalue weighted by molar-refractivity contribution is 0.573. The Kier molecular flexibility index (Phi) is 5.42. The largest absolute Gasteiger partial charge is 0.372 e. The van der Waals surface area contributed by atoms with Gasteiger partial charge in [0.25, 0.3) is 0 Å². The molecule has 0 bridgehead atoms. The van der Waals surface area contributed by atoms with E-state index in [1.807, 2.05) is 18.0 Å². The van der Waals surface area contributed by atoms with Gasteiger partial charge >= 0.3 is 0 Å². The van der Waals surface area contributed by atoms with E-state index in [4.69, 9.17) is 5.73 Å². The van der Waals surface area contributed by atoms with Crippen molar-refractivity contribution in [2.45, 2.75) is 26.7 Å². The summed E-state index contributed by atoms with van der Waals surface area (Å²) in [5.74, 6) is 0.476. The molecule has 1 aromatic rings. The normalized spacial score (nSPS) is 10.9. The molecule has 0 heterocycles. The van der Waals surface area contributed by atoms with Crippen molar-refractivity contribution in [2.24, 2.45) is 11.7 Å². The number of para-hydroxylation sites is 1. The third-order valence-electron chi connectivity index (χ3n) is 2.91. The fraction of sp³-hybridized carbons (Fsp3) is 0.571. The number of nitrogens with two attached hydrogens (primary N) is 1. The van der Waals surface area contributed by atoms with Crippen molar-refractivity contribution in [3.8, 4) is 0 Å². The van der Waals surface area contributed by atoms with Crippen LogP contribution in [0.5, 0.6) is 0 Å². The summed E-state index contributed by atoms with van der Waals surface area (Å²) < 4.78 is 13.9. The number of rotatable bonds is 6. The first-order chi connectivity index (χ1) is 8.06. The number of anilines is 1. The number of halogens is 1. The van der Waals surface area contributed by atoms with Crippen molar-refractivity contribution in [2.75, 3.05) is 25.0 Å². The van der Waals surface area contributed by atoms with E-state index in [1.54, 1.807) is 6.07 Å². The fourth-order valence-electron chi connectivity index (χ4n) is 1.91. The predicted octanol–water partition coefficient (Wildman–Crippen LogP) is 2.81. The zero-order valence-corrected chi connectivity index (χ0v) is 11.0. The van der Waals surface area contributed by atoms with Crippen molar-refractivity contribution in [3.05, 3.63) is 29.6 Å². The van der Waals surface area contributed by atoms with Crippen molar-refractivity contribution >= 4 is 5.69 Å². The first-order valence-corrected chi connectivity index (χ1v) is 6.24. The molecule has 0 spiro atoms. The molecule has 2 nitrogen and oxygen atoms in total. The lowest BCUT2D eigenvalue weighted by atomic mass is 10.1. The molecule has 1 aromatic carbocycles. The van der Waals surface area contributed by atoms with Crippen LogP contribution in [0.3, 0.4) is 0 Å². The van der Waals surface area contributed by atoms with Gasteiger partial charge in [-0.05, 0) is 36.9 Å². The van der Waals surface area contributed by atoms with Crippen molar-refractivity contribution in [1.82, 2.24) is 0 Å². The molecule has 3 heteroatoms. The second kappa shape index (κ2) is 6.60. The SMILES string of the molecule is CC(C)CCN(C)c1c(F)cccc1CCN. The van der Waals surface area contributed by atoms with Gasteiger partial charge in [-0.25, -0.2) is 4.39 Å². The van der Waals surface area contributed by atoms with Crippen LogP contribution in [-0.2, 0) is 6.42 Å². The number of benzene rings is 1. The van der Waals surface area contributed by atoms with Crippen LogP contribution in [0.1, 0.15) is 25.8 Å². The molecule has 0 amide bonds. The van der Waals surface area contributed by atoms with Crippen LogP contribution in [0.2, 0.25) is 0 Å². The van der Waals surface area contributed by atoms with Gasteiger partial charge in [-0.15, -0.1) is 0 Å². The zero-order chi connectivity index (χ0) is 12.8. The average molecular weight is 238 g/mol. The topological polar surface area (TPSA) is 29.3 Å². The van der Waals surface area contributed by atoms with Gasteiger partial charge in [0.15, 0.2) is 0 Å². The van der Waals surface area contributed by atoms with E-state index in [-0.39, 0.29) is 5.82 Å². The van der Waals surface area contributed by atoms with E-state index in [2.05, 4.69) is 13.8 Å². The maximum Gasteiger partial charge on any atom is 0.146 e. The van der Waals surface area contributed by atoms with E-state index >= 15 is 0 Å². The molecule has 0 radical (unpaired) electrons. The average Bonchev–Trinajstić information content (AvgIpc) is 2.26. The van der Waals surface area contributed by atoms with E-state index < -0.39 is 0 Å². The third kappa shape index (κ3) is 4.00. The summed E-state index contributed by atoms with van der Waals surface area (Å²) in [5, 5.41) is 0. The molecule has 1 rings (SSSR count). The predicted molar refractivity (Wildman–Crippen MR) is 71.9 cm³/mol. The maximum atomic E-state index is 13.9. The highest BCUT2D eigenvalue weighted by atomic mass is 19.1. The number of hydrogen-bond donors (Lipinski definition) is 1. The van der Waals surface area contributed by atoms with Gasteiger partial charge in [0.2, 0.25) is 0 Å². The van der Waals surface area contributed by atoms with Gasteiger partial charge < -0.3 is 10.6 Å². The Morgan fingerprint density at radius 2 is 2.06 bits per heavy atom. The lowest BCUT2D eigenvalue weighted by Gasteiger charge is -2.23. The Hall–Kier alpha value is -1.09. The minimum Gasteiger partial charge on any atom is -0.372 e. The molecule has 0 atom stereocenters. The van der Waals surface area contributed by atoms with Crippen molar-refractivity contribution in [3.63, 3.8) is 0 Å². The molecule has 0 aromatic heterocycles. The Labute approximate surface area is 104 Å². The number of nitrogens with zero attached hydrogens (tertiary/aromatic N) is 1. The molecular weight excluding hydrogens is 215 g/mol. The van der Waals surface area contributed by atoms with Crippen LogP contribution in [0, 0.1) is 11.7 Å². The summed E-state index contributed by atoms with van der Waals surface area (Å²) >= 11 is 0. The first kappa shape index (κ1) is 14.0. The van der Waals surface area contributed by atoms with Gasteiger partial charge in [-0.2, -0.15) is 0 Å². The number of hydrogen-bond acceptors (Lipinski definition) is 2. The molecule has 17 heavy (non-hydrogen) atoms. The van der Waals surface area contributed by atoms with Crippen LogP contribution in [-0.4, -0.2) is 20.1 Å². The zero-order valence-electron chi connectivity index (χ0n) is 11.0.